The number of rotatable bonds is 3. The second-order valence-electron chi connectivity index (χ2n) is 4.47. The van der Waals surface area contributed by atoms with Gasteiger partial charge in [-0.3, -0.25) is 4.79 Å². The number of halogens is 1. The second-order valence-corrected chi connectivity index (χ2v) is 4.87. The van der Waals surface area contributed by atoms with Gasteiger partial charge in [0.2, 0.25) is 0 Å². The number of amides is 1. The molecule has 20 heavy (non-hydrogen) atoms. The molecule has 0 spiro atoms. The van der Waals surface area contributed by atoms with Gasteiger partial charge in [-0.1, -0.05) is 41.9 Å². The average molecular weight is 292 g/mol. The van der Waals surface area contributed by atoms with E-state index in [0.717, 1.165) is 11.6 Å². The first-order valence-electron chi connectivity index (χ1n) is 6.00. The number of aromatic hydroxyl groups is 2. The quantitative estimate of drug-likeness (QED) is 0.914. The second kappa shape index (κ2) is 5.84. The Morgan fingerprint density at radius 2 is 1.80 bits per heavy atom. The van der Waals surface area contributed by atoms with Gasteiger partial charge in [-0.05, 0) is 11.6 Å². The summed E-state index contributed by atoms with van der Waals surface area (Å²) in [5.74, 6) is -0.920. The number of phenolic OH excluding ortho intramolecular Hbond substituents is 2. The summed E-state index contributed by atoms with van der Waals surface area (Å²) in [5.41, 5.74) is 1.04. The highest BCUT2D eigenvalue weighted by Gasteiger charge is 2.18. The highest BCUT2D eigenvalue weighted by molar-refractivity contribution is 6.32. The summed E-state index contributed by atoms with van der Waals surface area (Å²) in [6, 6.07) is 11.8. The number of carbonyl (C=O) groups is 1. The molecule has 0 bridgehead atoms. The Morgan fingerprint density at radius 1 is 1.15 bits per heavy atom. The standard InChI is InChI=1S/C15H14ClNO3/c1-17(9-10-5-3-2-4-6-10)15(20)11-7-12(16)14(19)8-13(11)18/h2-8,18-19H,9H2,1H3. The van der Waals surface area contributed by atoms with Crippen molar-refractivity contribution >= 4 is 17.5 Å². The van der Waals surface area contributed by atoms with E-state index in [9.17, 15) is 15.0 Å². The SMILES string of the molecule is CN(Cc1ccccc1)C(=O)c1cc(Cl)c(O)cc1O. The van der Waals surface area contributed by atoms with Crippen LogP contribution in [0.1, 0.15) is 15.9 Å². The Bertz CT molecular complexity index is 629. The van der Waals surface area contributed by atoms with Crippen LogP contribution in [0, 0.1) is 0 Å². The Hall–Kier alpha value is -2.20. The normalized spacial score (nSPS) is 10.3. The number of hydrogen-bond acceptors (Lipinski definition) is 3. The van der Waals surface area contributed by atoms with E-state index in [-0.39, 0.29) is 28.0 Å². The molecule has 0 heterocycles. The first-order valence-corrected chi connectivity index (χ1v) is 6.37. The predicted octanol–water partition coefficient (Wildman–Crippen LogP) is 3.02. The third-order valence-corrected chi connectivity index (χ3v) is 3.21. The molecule has 0 aromatic heterocycles. The molecule has 104 valence electrons. The first-order chi connectivity index (χ1) is 9.49. The van der Waals surface area contributed by atoms with Gasteiger partial charge in [0.15, 0.2) is 0 Å². The monoisotopic (exact) mass is 291 g/mol. The fourth-order valence-corrected chi connectivity index (χ4v) is 2.02. The van der Waals surface area contributed by atoms with E-state index >= 15 is 0 Å². The Morgan fingerprint density at radius 3 is 2.45 bits per heavy atom. The Balaban J connectivity index is 2.21. The third-order valence-electron chi connectivity index (χ3n) is 2.90. The van der Waals surface area contributed by atoms with Gasteiger partial charge < -0.3 is 15.1 Å². The van der Waals surface area contributed by atoms with Crippen molar-refractivity contribution in [2.75, 3.05) is 7.05 Å². The molecule has 0 unspecified atom stereocenters. The van der Waals surface area contributed by atoms with E-state index in [4.69, 9.17) is 11.6 Å². The number of carbonyl (C=O) groups excluding carboxylic acids is 1. The molecule has 0 saturated heterocycles. The lowest BCUT2D eigenvalue weighted by molar-refractivity contribution is 0.0782. The molecule has 0 atom stereocenters. The van der Waals surface area contributed by atoms with Crippen LogP contribution in [0.2, 0.25) is 5.02 Å². The summed E-state index contributed by atoms with van der Waals surface area (Å²) in [5, 5.41) is 19.1. The van der Waals surface area contributed by atoms with E-state index in [0.29, 0.717) is 6.54 Å². The van der Waals surface area contributed by atoms with Crippen molar-refractivity contribution in [2.24, 2.45) is 0 Å². The zero-order valence-corrected chi connectivity index (χ0v) is 11.6. The average Bonchev–Trinajstić information content (AvgIpc) is 2.43. The largest absolute Gasteiger partial charge is 0.507 e. The summed E-state index contributed by atoms with van der Waals surface area (Å²) in [7, 11) is 1.63. The van der Waals surface area contributed by atoms with Crippen LogP contribution in [0.4, 0.5) is 0 Å². The molecule has 1 amide bonds. The van der Waals surface area contributed by atoms with Crippen LogP contribution in [-0.2, 0) is 6.54 Å². The van der Waals surface area contributed by atoms with E-state index in [1.807, 2.05) is 30.3 Å². The van der Waals surface area contributed by atoms with Crippen LogP contribution in [0.5, 0.6) is 11.5 Å². The van der Waals surface area contributed by atoms with Crippen molar-refractivity contribution < 1.29 is 15.0 Å². The van der Waals surface area contributed by atoms with Crippen molar-refractivity contribution in [1.29, 1.82) is 0 Å². The van der Waals surface area contributed by atoms with Gasteiger partial charge in [-0.2, -0.15) is 0 Å². The van der Waals surface area contributed by atoms with Crippen LogP contribution in [-0.4, -0.2) is 28.1 Å². The minimum atomic E-state index is -0.367. The number of phenols is 2. The molecule has 0 radical (unpaired) electrons. The van der Waals surface area contributed by atoms with Crippen LogP contribution in [0.15, 0.2) is 42.5 Å². The molecule has 0 aliphatic heterocycles. The fourth-order valence-electron chi connectivity index (χ4n) is 1.86. The molecule has 5 heteroatoms. The molecule has 2 aromatic rings. The molecule has 2 rings (SSSR count). The minimum Gasteiger partial charge on any atom is -0.507 e. The molecule has 0 aliphatic carbocycles. The van der Waals surface area contributed by atoms with Gasteiger partial charge in [-0.25, -0.2) is 0 Å². The molecular formula is C15H14ClNO3. The first kappa shape index (κ1) is 14.2. The van der Waals surface area contributed by atoms with Crippen LogP contribution in [0.25, 0.3) is 0 Å². The van der Waals surface area contributed by atoms with Gasteiger partial charge >= 0.3 is 0 Å². The maximum atomic E-state index is 12.3. The van der Waals surface area contributed by atoms with Crippen molar-refractivity contribution in [3.63, 3.8) is 0 Å². The molecule has 4 nitrogen and oxygen atoms in total. The third kappa shape index (κ3) is 3.03. The Labute approximate surface area is 121 Å². The molecule has 0 fully saturated rings. The smallest absolute Gasteiger partial charge is 0.257 e. The highest BCUT2D eigenvalue weighted by atomic mass is 35.5. The highest BCUT2D eigenvalue weighted by Crippen LogP contribution is 2.31. The van der Waals surface area contributed by atoms with Crippen LogP contribution < -0.4 is 0 Å². The lowest BCUT2D eigenvalue weighted by Crippen LogP contribution is -2.26. The van der Waals surface area contributed by atoms with Gasteiger partial charge in [0, 0.05) is 19.7 Å². The molecule has 2 aromatic carbocycles. The molecular weight excluding hydrogens is 278 g/mol. The number of nitrogens with zero attached hydrogens (tertiary/aromatic N) is 1. The minimum absolute atomic E-state index is 0.0271. The maximum absolute atomic E-state index is 12.3. The fraction of sp³-hybridized carbons (Fsp3) is 0.133. The molecule has 2 N–H and O–H groups in total. The topological polar surface area (TPSA) is 60.8 Å². The lowest BCUT2D eigenvalue weighted by atomic mass is 10.1. The maximum Gasteiger partial charge on any atom is 0.257 e. The van der Waals surface area contributed by atoms with Crippen molar-refractivity contribution in [3.05, 3.63) is 58.6 Å². The summed E-state index contributed by atoms with van der Waals surface area (Å²) < 4.78 is 0. The molecule has 0 saturated carbocycles. The molecule has 0 aliphatic rings. The van der Waals surface area contributed by atoms with E-state index in [1.54, 1.807) is 7.05 Å². The van der Waals surface area contributed by atoms with E-state index in [2.05, 4.69) is 0 Å². The summed E-state index contributed by atoms with van der Waals surface area (Å²) in [6.07, 6.45) is 0. The van der Waals surface area contributed by atoms with Crippen LogP contribution >= 0.6 is 11.6 Å². The summed E-state index contributed by atoms with van der Waals surface area (Å²) in [4.78, 5) is 13.7. The van der Waals surface area contributed by atoms with Gasteiger partial charge in [0.1, 0.15) is 11.5 Å². The zero-order chi connectivity index (χ0) is 14.7. The van der Waals surface area contributed by atoms with Gasteiger partial charge in [0.25, 0.3) is 5.91 Å². The summed E-state index contributed by atoms with van der Waals surface area (Å²) in [6.45, 7) is 0.414. The van der Waals surface area contributed by atoms with E-state index < -0.39 is 0 Å². The Kier molecular flexibility index (Phi) is 4.15. The number of benzene rings is 2. The van der Waals surface area contributed by atoms with Crippen LogP contribution in [0.3, 0.4) is 0 Å². The van der Waals surface area contributed by atoms with Gasteiger partial charge in [-0.15, -0.1) is 0 Å². The predicted molar refractivity (Wildman–Crippen MR) is 77.0 cm³/mol. The van der Waals surface area contributed by atoms with Gasteiger partial charge in [0.05, 0.1) is 10.6 Å². The lowest BCUT2D eigenvalue weighted by Gasteiger charge is -2.18. The van der Waals surface area contributed by atoms with Crippen molar-refractivity contribution in [1.82, 2.24) is 4.90 Å². The summed E-state index contributed by atoms with van der Waals surface area (Å²) >= 11 is 5.76. The van der Waals surface area contributed by atoms with Crippen molar-refractivity contribution in [2.45, 2.75) is 6.54 Å². The number of hydrogen-bond donors (Lipinski definition) is 2. The van der Waals surface area contributed by atoms with Crippen molar-refractivity contribution in [3.8, 4) is 11.5 Å². The van der Waals surface area contributed by atoms with E-state index in [1.165, 1.54) is 11.0 Å². The zero-order valence-electron chi connectivity index (χ0n) is 10.9.